The maximum Gasteiger partial charge on any atom is 0.244 e. The number of ether oxygens (including phenoxy) is 1. The zero-order valence-electron chi connectivity index (χ0n) is 6.44. The molecule has 0 saturated heterocycles. The highest BCUT2D eigenvalue weighted by atomic mass is 16.8. The Morgan fingerprint density at radius 3 is 2.75 bits per heavy atom. The number of rotatable bonds is 2. The molecule has 0 aliphatic carbocycles. The Morgan fingerprint density at radius 1 is 1.25 bits per heavy atom. The largest absolute Gasteiger partial charge is 0.459 e. The topological polar surface area (TPSA) is 30.5 Å². The van der Waals surface area contributed by atoms with Crippen LogP contribution in [0.25, 0.3) is 0 Å². The van der Waals surface area contributed by atoms with Crippen molar-refractivity contribution in [3.05, 3.63) is 42.6 Å². The fourth-order valence-corrected chi connectivity index (χ4v) is 0.960. The lowest BCUT2D eigenvalue weighted by molar-refractivity contribution is -0.0673. The van der Waals surface area contributed by atoms with Crippen LogP contribution in [-0.4, -0.2) is 6.29 Å². The van der Waals surface area contributed by atoms with Crippen LogP contribution in [0.2, 0.25) is 0 Å². The summed E-state index contributed by atoms with van der Waals surface area (Å²) in [4.78, 5) is 4.97. The third kappa shape index (κ3) is 1.57. The van der Waals surface area contributed by atoms with Crippen LogP contribution in [0.5, 0.6) is 5.75 Å². The molecular weight excluding hydrogens is 154 g/mol. The van der Waals surface area contributed by atoms with E-state index in [1.807, 2.05) is 30.3 Å². The maximum atomic E-state index is 5.40. The lowest BCUT2D eigenvalue weighted by Crippen LogP contribution is -2.17. The van der Waals surface area contributed by atoms with Crippen molar-refractivity contribution in [3.8, 4) is 5.75 Å². The predicted molar refractivity (Wildman–Crippen MR) is 44.2 cm³/mol. The molecule has 1 heterocycles. The second-order valence-electron chi connectivity index (χ2n) is 2.39. The second kappa shape index (κ2) is 3.28. The molecule has 1 unspecified atom stereocenters. The number of hydrogen-bond donors (Lipinski definition) is 1. The van der Waals surface area contributed by atoms with Crippen molar-refractivity contribution < 1.29 is 9.57 Å². The summed E-state index contributed by atoms with van der Waals surface area (Å²) >= 11 is 0. The van der Waals surface area contributed by atoms with E-state index in [4.69, 9.17) is 9.57 Å². The standard InChI is InChI=1S/C9H9NO2/c1-2-4-8(5-3-1)11-9-6-7-10-12-9/h1-7,9-10H. The number of para-hydroxylation sites is 1. The normalized spacial score (nSPS) is 20.5. The van der Waals surface area contributed by atoms with Gasteiger partial charge in [-0.1, -0.05) is 18.2 Å². The Balaban J connectivity index is 1.99. The molecule has 2 rings (SSSR count). The average Bonchev–Trinajstić information content (AvgIpc) is 2.59. The van der Waals surface area contributed by atoms with E-state index >= 15 is 0 Å². The molecule has 1 atom stereocenters. The van der Waals surface area contributed by atoms with Crippen LogP contribution in [0.3, 0.4) is 0 Å². The smallest absolute Gasteiger partial charge is 0.244 e. The summed E-state index contributed by atoms with van der Waals surface area (Å²) in [6, 6.07) is 9.55. The number of hydroxylamine groups is 1. The van der Waals surface area contributed by atoms with Crippen molar-refractivity contribution in [2.45, 2.75) is 6.29 Å². The third-order valence-electron chi connectivity index (χ3n) is 1.50. The van der Waals surface area contributed by atoms with Crippen molar-refractivity contribution in [1.29, 1.82) is 0 Å². The summed E-state index contributed by atoms with van der Waals surface area (Å²) in [5.74, 6) is 0.802. The van der Waals surface area contributed by atoms with Crippen LogP contribution in [-0.2, 0) is 4.84 Å². The van der Waals surface area contributed by atoms with E-state index in [2.05, 4.69) is 5.48 Å². The van der Waals surface area contributed by atoms with Gasteiger partial charge < -0.3 is 4.74 Å². The van der Waals surface area contributed by atoms with E-state index in [1.165, 1.54) is 0 Å². The van der Waals surface area contributed by atoms with E-state index in [1.54, 1.807) is 12.3 Å². The van der Waals surface area contributed by atoms with Gasteiger partial charge in [0.15, 0.2) is 0 Å². The molecule has 3 nitrogen and oxygen atoms in total. The first-order valence-corrected chi connectivity index (χ1v) is 3.75. The van der Waals surface area contributed by atoms with Gasteiger partial charge in [0, 0.05) is 12.3 Å². The van der Waals surface area contributed by atoms with Crippen molar-refractivity contribution in [2.75, 3.05) is 0 Å². The van der Waals surface area contributed by atoms with Gasteiger partial charge in [-0.2, -0.15) is 0 Å². The number of hydrogen-bond acceptors (Lipinski definition) is 3. The van der Waals surface area contributed by atoms with Crippen molar-refractivity contribution >= 4 is 0 Å². The first-order chi connectivity index (χ1) is 5.95. The van der Waals surface area contributed by atoms with Gasteiger partial charge in [-0.15, -0.1) is 0 Å². The molecule has 0 saturated carbocycles. The van der Waals surface area contributed by atoms with E-state index < -0.39 is 0 Å². The van der Waals surface area contributed by atoms with Crippen LogP contribution in [0.1, 0.15) is 0 Å². The van der Waals surface area contributed by atoms with E-state index in [0.29, 0.717) is 0 Å². The Bertz CT molecular complexity index is 271. The fraction of sp³-hybridized carbons (Fsp3) is 0.111. The molecule has 62 valence electrons. The highest BCUT2D eigenvalue weighted by Gasteiger charge is 2.09. The summed E-state index contributed by atoms with van der Waals surface area (Å²) < 4.78 is 5.40. The molecule has 12 heavy (non-hydrogen) atoms. The zero-order valence-corrected chi connectivity index (χ0v) is 6.44. The van der Waals surface area contributed by atoms with Crippen LogP contribution in [0.15, 0.2) is 42.6 Å². The Labute approximate surface area is 70.6 Å². The molecular formula is C9H9NO2. The summed E-state index contributed by atoms with van der Waals surface area (Å²) in [5, 5.41) is 0. The van der Waals surface area contributed by atoms with Crippen molar-refractivity contribution in [2.24, 2.45) is 0 Å². The molecule has 3 heteroatoms. The van der Waals surface area contributed by atoms with Crippen molar-refractivity contribution in [1.82, 2.24) is 5.48 Å². The molecule has 0 aromatic heterocycles. The average molecular weight is 163 g/mol. The number of benzene rings is 1. The van der Waals surface area contributed by atoms with Crippen molar-refractivity contribution in [3.63, 3.8) is 0 Å². The van der Waals surface area contributed by atoms with Crippen LogP contribution < -0.4 is 10.2 Å². The fourth-order valence-electron chi connectivity index (χ4n) is 0.960. The van der Waals surface area contributed by atoms with Gasteiger partial charge in [0.1, 0.15) is 5.75 Å². The molecule has 0 spiro atoms. The highest BCUT2D eigenvalue weighted by Crippen LogP contribution is 2.12. The minimum atomic E-state index is -0.313. The molecule has 0 radical (unpaired) electrons. The molecule has 1 N–H and O–H groups in total. The SMILES string of the molecule is C1=CC(Oc2ccccc2)ON1. The quantitative estimate of drug-likeness (QED) is 0.715. The molecule has 1 aromatic carbocycles. The molecule has 1 aromatic rings. The van der Waals surface area contributed by atoms with Gasteiger partial charge in [-0.25, -0.2) is 4.84 Å². The monoisotopic (exact) mass is 163 g/mol. The summed E-state index contributed by atoms with van der Waals surface area (Å²) in [5.41, 5.74) is 2.59. The summed E-state index contributed by atoms with van der Waals surface area (Å²) in [6.07, 6.45) is 3.19. The lowest BCUT2D eigenvalue weighted by atomic mass is 10.3. The van der Waals surface area contributed by atoms with Gasteiger partial charge in [0.25, 0.3) is 0 Å². The van der Waals surface area contributed by atoms with Gasteiger partial charge in [0.2, 0.25) is 6.29 Å². The molecule has 1 aliphatic rings. The van der Waals surface area contributed by atoms with Gasteiger partial charge in [-0.05, 0) is 12.1 Å². The van der Waals surface area contributed by atoms with E-state index in [-0.39, 0.29) is 6.29 Å². The van der Waals surface area contributed by atoms with Gasteiger partial charge in [-0.3, -0.25) is 5.48 Å². The van der Waals surface area contributed by atoms with Gasteiger partial charge >= 0.3 is 0 Å². The Kier molecular flexibility index (Phi) is 1.96. The minimum absolute atomic E-state index is 0.313. The first kappa shape index (κ1) is 7.18. The van der Waals surface area contributed by atoms with E-state index in [9.17, 15) is 0 Å². The third-order valence-corrected chi connectivity index (χ3v) is 1.50. The summed E-state index contributed by atoms with van der Waals surface area (Å²) in [6.45, 7) is 0. The van der Waals surface area contributed by atoms with Crippen LogP contribution >= 0.6 is 0 Å². The minimum Gasteiger partial charge on any atom is -0.459 e. The first-order valence-electron chi connectivity index (χ1n) is 3.75. The molecule has 1 aliphatic heterocycles. The summed E-state index contributed by atoms with van der Waals surface area (Å²) in [7, 11) is 0. The second-order valence-corrected chi connectivity index (χ2v) is 2.39. The highest BCUT2D eigenvalue weighted by molar-refractivity contribution is 5.21. The van der Waals surface area contributed by atoms with Crippen LogP contribution in [0.4, 0.5) is 0 Å². The van der Waals surface area contributed by atoms with Gasteiger partial charge in [0.05, 0.1) is 0 Å². The molecule has 0 amide bonds. The lowest BCUT2D eigenvalue weighted by Gasteiger charge is -2.09. The van der Waals surface area contributed by atoms with E-state index in [0.717, 1.165) is 5.75 Å². The molecule has 0 bridgehead atoms. The predicted octanol–water partition coefficient (Wildman–Crippen LogP) is 1.44. The Hall–Kier alpha value is -1.48. The zero-order chi connectivity index (χ0) is 8.23. The van der Waals surface area contributed by atoms with Crippen LogP contribution in [0, 0.1) is 0 Å². The molecule has 0 fully saturated rings. The number of nitrogens with one attached hydrogen (secondary N) is 1. The maximum absolute atomic E-state index is 5.40. The Morgan fingerprint density at radius 2 is 2.08 bits per heavy atom.